The van der Waals surface area contributed by atoms with Gasteiger partial charge in [0.2, 0.25) is 11.8 Å². The molecule has 0 aromatic carbocycles. The molecule has 0 saturated heterocycles. The number of carbonyl (C=O) groups is 2. The highest BCUT2D eigenvalue weighted by atomic mass is 32.1. The van der Waals surface area contributed by atoms with E-state index >= 15 is 0 Å². The highest BCUT2D eigenvalue weighted by Gasteiger charge is 2.23. The van der Waals surface area contributed by atoms with E-state index < -0.39 is 5.91 Å². The molecule has 7 heteroatoms. The lowest BCUT2D eigenvalue weighted by Crippen LogP contribution is -2.17. The molecule has 3 N–H and O–H groups in total. The summed E-state index contributed by atoms with van der Waals surface area (Å²) in [6.07, 6.45) is 1.04. The Morgan fingerprint density at radius 3 is 2.89 bits per heavy atom. The van der Waals surface area contributed by atoms with E-state index in [0.29, 0.717) is 18.5 Å². The summed E-state index contributed by atoms with van der Waals surface area (Å²) in [5.74, 6) is -0.917. The van der Waals surface area contributed by atoms with Crippen LogP contribution in [0.1, 0.15) is 30.1 Å². The van der Waals surface area contributed by atoms with Crippen LogP contribution in [0.5, 0.6) is 0 Å². The van der Waals surface area contributed by atoms with Gasteiger partial charge in [0.05, 0.1) is 0 Å². The number of nitrogens with two attached hydrogens (primary N) is 1. The summed E-state index contributed by atoms with van der Waals surface area (Å²) in [5, 5.41) is 9.99. The fourth-order valence-corrected chi connectivity index (χ4v) is 2.26. The van der Waals surface area contributed by atoms with Gasteiger partial charge in [0.25, 0.3) is 5.91 Å². The molecular weight excluding hydrogens is 266 g/mol. The van der Waals surface area contributed by atoms with Gasteiger partial charge in [-0.2, -0.15) is 11.3 Å². The molecule has 0 saturated carbocycles. The molecule has 0 radical (unpaired) electrons. The van der Waals surface area contributed by atoms with E-state index in [1.165, 1.54) is 11.3 Å². The maximum absolute atomic E-state index is 11.5. The minimum Gasteiger partial charge on any atom is -0.365 e. The molecule has 0 unspecified atom stereocenters. The molecule has 2 heterocycles. The molecule has 2 rings (SSSR count). The number of primary amides is 1. The van der Waals surface area contributed by atoms with E-state index in [2.05, 4.69) is 10.5 Å². The molecule has 0 bridgehead atoms. The summed E-state index contributed by atoms with van der Waals surface area (Å²) in [7, 11) is 0. The second-order valence-corrected chi connectivity index (χ2v) is 4.69. The standard InChI is InChI=1S/C12H13N3O3S/c1-2-3-8(16)14-12-9(11(13)17)10(15-18-12)7-4-5-19-6-7/h4-6H,2-3H2,1H3,(H2,13,17)(H,14,16). The van der Waals surface area contributed by atoms with Gasteiger partial charge >= 0.3 is 0 Å². The van der Waals surface area contributed by atoms with E-state index in [9.17, 15) is 9.59 Å². The minimum atomic E-state index is -0.686. The Morgan fingerprint density at radius 1 is 1.53 bits per heavy atom. The highest BCUT2D eigenvalue weighted by Crippen LogP contribution is 2.29. The van der Waals surface area contributed by atoms with Crippen molar-refractivity contribution in [3.63, 3.8) is 0 Å². The molecule has 100 valence electrons. The number of amides is 2. The number of aromatic nitrogens is 1. The average Bonchev–Trinajstić information content (AvgIpc) is 2.96. The van der Waals surface area contributed by atoms with Crippen LogP contribution in [-0.4, -0.2) is 17.0 Å². The van der Waals surface area contributed by atoms with Crippen LogP contribution < -0.4 is 11.1 Å². The van der Waals surface area contributed by atoms with Crippen LogP contribution in [-0.2, 0) is 4.79 Å². The van der Waals surface area contributed by atoms with Crippen molar-refractivity contribution in [2.45, 2.75) is 19.8 Å². The van der Waals surface area contributed by atoms with Crippen LogP contribution in [0.25, 0.3) is 11.3 Å². The quantitative estimate of drug-likeness (QED) is 0.876. The summed E-state index contributed by atoms with van der Waals surface area (Å²) in [6.45, 7) is 1.88. The van der Waals surface area contributed by atoms with E-state index in [1.54, 1.807) is 6.07 Å². The summed E-state index contributed by atoms with van der Waals surface area (Å²) >= 11 is 1.47. The predicted molar refractivity (Wildman–Crippen MR) is 71.9 cm³/mol. The van der Waals surface area contributed by atoms with Crippen LogP contribution in [0.15, 0.2) is 21.3 Å². The topological polar surface area (TPSA) is 98.2 Å². The molecule has 0 aliphatic carbocycles. The van der Waals surface area contributed by atoms with Gasteiger partial charge in [-0.1, -0.05) is 12.1 Å². The number of thiophene rings is 1. The molecule has 6 nitrogen and oxygen atoms in total. The number of nitrogens with one attached hydrogen (secondary N) is 1. The number of anilines is 1. The van der Waals surface area contributed by atoms with Crippen molar-refractivity contribution in [1.82, 2.24) is 5.16 Å². The zero-order chi connectivity index (χ0) is 13.8. The summed E-state index contributed by atoms with van der Waals surface area (Å²) in [5.41, 5.74) is 6.51. The van der Waals surface area contributed by atoms with Crippen molar-refractivity contribution in [3.8, 4) is 11.3 Å². The molecule has 0 atom stereocenters. The molecular formula is C12H13N3O3S. The second kappa shape index (κ2) is 5.66. The molecule has 2 amide bonds. The first-order valence-corrected chi connectivity index (χ1v) is 6.69. The van der Waals surface area contributed by atoms with Crippen LogP contribution in [0, 0.1) is 0 Å². The SMILES string of the molecule is CCCC(=O)Nc1onc(-c2ccsc2)c1C(N)=O. The third kappa shape index (κ3) is 2.82. The van der Waals surface area contributed by atoms with E-state index in [0.717, 1.165) is 5.56 Å². The largest absolute Gasteiger partial charge is 0.365 e. The summed E-state index contributed by atoms with van der Waals surface area (Å²) < 4.78 is 5.02. The number of carbonyl (C=O) groups excluding carboxylic acids is 2. The zero-order valence-electron chi connectivity index (χ0n) is 10.3. The van der Waals surface area contributed by atoms with Gasteiger partial charge in [0.15, 0.2) is 0 Å². The van der Waals surface area contributed by atoms with E-state index in [4.69, 9.17) is 10.3 Å². The average molecular weight is 279 g/mol. The summed E-state index contributed by atoms with van der Waals surface area (Å²) in [6, 6.07) is 1.80. The number of rotatable bonds is 5. The Balaban J connectivity index is 2.35. The molecule has 0 aliphatic heterocycles. The maximum atomic E-state index is 11.5. The van der Waals surface area contributed by atoms with Gasteiger partial charge in [0.1, 0.15) is 11.3 Å². The lowest BCUT2D eigenvalue weighted by molar-refractivity contribution is -0.116. The normalized spacial score (nSPS) is 10.4. The Morgan fingerprint density at radius 2 is 2.32 bits per heavy atom. The fourth-order valence-electron chi connectivity index (χ4n) is 1.62. The molecule has 0 spiro atoms. The van der Waals surface area contributed by atoms with Gasteiger partial charge in [-0.3, -0.25) is 14.9 Å². The monoisotopic (exact) mass is 279 g/mol. The van der Waals surface area contributed by atoms with Crippen LogP contribution in [0.4, 0.5) is 5.88 Å². The number of hydrogen-bond acceptors (Lipinski definition) is 5. The second-order valence-electron chi connectivity index (χ2n) is 3.91. The van der Waals surface area contributed by atoms with Crippen LogP contribution in [0.2, 0.25) is 0 Å². The van der Waals surface area contributed by atoms with Crippen molar-refractivity contribution in [1.29, 1.82) is 0 Å². The Kier molecular flexibility index (Phi) is 3.96. The van der Waals surface area contributed by atoms with E-state index in [1.807, 2.05) is 17.7 Å². The molecule has 2 aromatic heterocycles. The van der Waals surface area contributed by atoms with E-state index in [-0.39, 0.29) is 17.4 Å². The van der Waals surface area contributed by atoms with Crippen molar-refractivity contribution in [3.05, 3.63) is 22.4 Å². The van der Waals surface area contributed by atoms with Crippen LogP contribution in [0.3, 0.4) is 0 Å². The predicted octanol–water partition coefficient (Wildman–Crippen LogP) is 2.24. The maximum Gasteiger partial charge on any atom is 0.256 e. The number of hydrogen-bond donors (Lipinski definition) is 2. The first kappa shape index (κ1) is 13.3. The third-order valence-corrected chi connectivity index (χ3v) is 3.15. The van der Waals surface area contributed by atoms with Crippen LogP contribution >= 0.6 is 11.3 Å². The molecule has 19 heavy (non-hydrogen) atoms. The van der Waals surface area contributed by atoms with Crippen molar-refractivity contribution < 1.29 is 14.1 Å². The fraction of sp³-hybridized carbons (Fsp3) is 0.250. The molecule has 0 aliphatic rings. The van der Waals surface area contributed by atoms with Crippen molar-refractivity contribution >= 4 is 29.0 Å². The third-order valence-electron chi connectivity index (χ3n) is 2.46. The molecule has 2 aromatic rings. The van der Waals surface area contributed by atoms with Gasteiger partial charge in [-0.15, -0.1) is 0 Å². The first-order chi connectivity index (χ1) is 9.13. The lowest BCUT2D eigenvalue weighted by atomic mass is 10.1. The van der Waals surface area contributed by atoms with Gasteiger partial charge in [0, 0.05) is 17.4 Å². The van der Waals surface area contributed by atoms with Crippen molar-refractivity contribution in [2.75, 3.05) is 5.32 Å². The Labute approximate surface area is 113 Å². The zero-order valence-corrected chi connectivity index (χ0v) is 11.1. The van der Waals surface area contributed by atoms with Gasteiger partial charge < -0.3 is 10.3 Å². The Bertz CT molecular complexity index is 589. The Hall–Kier alpha value is -2.15. The molecule has 0 fully saturated rings. The summed E-state index contributed by atoms with van der Waals surface area (Å²) in [4.78, 5) is 23.0. The number of nitrogens with zero attached hydrogens (tertiary/aromatic N) is 1. The van der Waals surface area contributed by atoms with Gasteiger partial charge in [-0.25, -0.2) is 0 Å². The lowest BCUT2D eigenvalue weighted by Gasteiger charge is -2.01. The van der Waals surface area contributed by atoms with Crippen molar-refractivity contribution in [2.24, 2.45) is 5.73 Å². The first-order valence-electron chi connectivity index (χ1n) is 5.75. The highest BCUT2D eigenvalue weighted by molar-refractivity contribution is 7.08. The smallest absolute Gasteiger partial charge is 0.256 e. The van der Waals surface area contributed by atoms with Gasteiger partial charge in [-0.05, 0) is 17.9 Å². The minimum absolute atomic E-state index is 0.00662.